The Morgan fingerprint density at radius 2 is 1.32 bits per heavy atom. The summed E-state index contributed by atoms with van der Waals surface area (Å²) in [6.45, 7) is 5.82. The highest BCUT2D eigenvalue weighted by atomic mass is 19.2. The zero-order valence-corrected chi connectivity index (χ0v) is 25.8. The van der Waals surface area contributed by atoms with Crippen molar-refractivity contribution in [1.29, 1.82) is 0 Å². The summed E-state index contributed by atoms with van der Waals surface area (Å²) in [5, 5.41) is 0. The Bertz CT molecular complexity index is 1450. The van der Waals surface area contributed by atoms with E-state index in [9.17, 15) is 8.78 Å². The first kappa shape index (κ1) is 32.1. The largest absolute Gasteiger partial charge is 0.486 e. The maximum Gasteiger partial charge on any atom is 0.201 e. The topological polar surface area (TPSA) is 9.23 Å². The van der Waals surface area contributed by atoms with Crippen LogP contribution in [0.2, 0.25) is 0 Å². The van der Waals surface area contributed by atoms with Gasteiger partial charge in [0.1, 0.15) is 6.61 Å². The van der Waals surface area contributed by atoms with Crippen LogP contribution in [0.5, 0.6) is 5.75 Å². The molecule has 2 aliphatic rings. The van der Waals surface area contributed by atoms with Crippen LogP contribution in [-0.4, -0.2) is 6.61 Å². The molecule has 0 spiro atoms. The van der Waals surface area contributed by atoms with Crippen LogP contribution >= 0.6 is 0 Å². The van der Waals surface area contributed by atoms with Crippen molar-refractivity contribution in [2.24, 2.45) is 17.8 Å². The van der Waals surface area contributed by atoms with Crippen LogP contribution in [-0.2, 0) is 0 Å². The normalized spacial score (nSPS) is 20.3. The van der Waals surface area contributed by atoms with Gasteiger partial charge in [-0.25, -0.2) is 13.2 Å². The van der Waals surface area contributed by atoms with Crippen LogP contribution in [0.15, 0.2) is 67.3 Å². The van der Waals surface area contributed by atoms with Crippen molar-refractivity contribution >= 4 is 5.57 Å². The van der Waals surface area contributed by atoms with Gasteiger partial charge in [-0.1, -0.05) is 107 Å². The third kappa shape index (κ3) is 7.30. The number of hydrogen-bond acceptors (Lipinski definition) is 1. The van der Waals surface area contributed by atoms with Gasteiger partial charge >= 0.3 is 0 Å². The average Bonchev–Trinajstić information content (AvgIpc) is 3.06. The van der Waals surface area contributed by atoms with Gasteiger partial charge in [0, 0.05) is 16.7 Å². The van der Waals surface area contributed by atoms with Crippen LogP contribution in [0.25, 0.3) is 27.8 Å². The zero-order chi connectivity index (χ0) is 31.1. The Morgan fingerprint density at radius 3 is 1.93 bits per heavy atom. The van der Waals surface area contributed by atoms with E-state index in [-0.39, 0.29) is 23.5 Å². The third-order valence-corrected chi connectivity index (χ3v) is 9.81. The van der Waals surface area contributed by atoms with E-state index in [1.54, 1.807) is 36.4 Å². The van der Waals surface area contributed by atoms with Gasteiger partial charge in [-0.05, 0) is 78.7 Å². The number of allylic oxidation sites excluding steroid dienone is 2. The van der Waals surface area contributed by atoms with E-state index in [1.165, 1.54) is 76.0 Å². The minimum atomic E-state index is -1.08. The second kappa shape index (κ2) is 15.1. The molecule has 5 rings (SSSR count). The fraction of sp³-hybridized carbons (Fsp3) is 0.436. The van der Waals surface area contributed by atoms with Crippen LogP contribution in [0.4, 0.5) is 17.6 Å². The molecule has 0 N–H and O–H groups in total. The Morgan fingerprint density at radius 1 is 0.705 bits per heavy atom. The summed E-state index contributed by atoms with van der Waals surface area (Å²) in [6.07, 6.45) is 18.4. The standard InChI is InChI=1S/C39H44F4O/c1-3-5-6-7-8-26-9-11-27(12-10-26)28-13-15-29(16-14-28)32-21-22-33(37(41)36(32)40)30-17-19-31(20-18-30)34-23-24-35(44-25-4-2)39(43)38(34)42/h4,15,17-24,26-28H,2-3,5-14,16,25H2,1H3. The van der Waals surface area contributed by atoms with Gasteiger partial charge in [0.25, 0.3) is 0 Å². The van der Waals surface area contributed by atoms with E-state index in [2.05, 4.69) is 19.6 Å². The lowest BCUT2D eigenvalue weighted by atomic mass is 9.70. The van der Waals surface area contributed by atoms with Crippen LogP contribution in [0.1, 0.15) is 89.5 Å². The Balaban J connectivity index is 1.22. The molecule has 0 amide bonds. The van der Waals surface area contributed by atoms with E-state index in [1.807, 2.05) is 0 Å². The predicted molar refractivity (Wildman–Crippen MR) is 172 cm³/mol. The lowest BCUT2D eigenvalue weighted by Crippen LogP contribution is -2.23. The second-order valence-corrected chi connectivity index (χ2v) is 12.6. The SMILES string of the molecule is C=CCOc1ccc(-c2ccc(-c3ccc(C4=CCC(C5CCC(CCCCCC)CC5)CC4)c(F)c3F)cc2)c(F)c1F. The van der Waals surface area contributed by atoms with Gasteiger partial charge in [-0.2, -0.15) is 4.39 Å². The fourth-order valence-corrected chi connectivity index (χ4v) is 7.20. The quantitative estimate of drug-likeness (QED) is 0.114. The van der Waals surface area contributed by atoms with Gasteiger partial charge in [0.05, 0.1) is 0 Å². The molecule has 0 aromatic heterocycles. The molecule has 0 aliphatic heterocycles. The van der Waals surface area contributed by atoms with E-state index >= 15 is 8.78 Å². The first-order valence-electron chi connectivity index (χ1n) is 16.4. The molecule has 3 aromatic rings. The molecule has 0 bridgehead atoms. The van der Waals surface area contributed by atoms with Crippen molar-refractivity contribution in [1.82, 2.24) is 0 Å². The summed E-state index contributed by atoms with van der Waals surface area (Å²) in [7, 11) is 0. The third-order valence-electron chi connectivity index (χ3n) is 9.81. The lowest BCUT2D eigenvalue weighted by molar-refractivity contribution is 0.187. The van der Waals surface area contributed by atoms with E-state index < -0.39 is 23.3 Å². The fourth-order valence-electron chi connectivity index (χ4n) is 7.20. The smallest absolute Gasteiger partial charge is 0.201 e. The minimum absolute atomic E-state index is 0.0556. The number of hydrogen-bond donors (Lipinski definition) is 0. The predicted octanol–water partition coefficient (Wildman–Crippen LogP) is 12.1. The maximum atomic E-state index is 15.4. The first-order chi connectivity index (χ1) is 21.4. The summed E-state index contributed by atoms with van der Waals surface area (Å²) >= 11 is 0. The monoisotopic (exact) mass is 604 g/mol. The van der Waals surface area contributed by atoms with Crippen molar-refractivity contribution in [3.8, 4) is 28.0 Å². The summed E-state index contributed by atoms with van der Waals surface area (Å²) in [6, 6.07) is 12.4. The van der Waals surface area contributed by atoms with Crippen LogP contribution in [0.3, 0.4) is 0 Å². The highest BCUT2D eigenvalue weighted by molar-refractivity contribution is 5.74. The van der Waals surface area contributed by atoms with Crippen LogP contribution < -0.4 is 4.74 Å². The molecule has 1 fully saturated rings. The summed E-state index contributed by atoms with van der Waals surface area (Å²) < 4.78 is 65.2. The van der Waals surface area contributed by atoms with Gasteiger partial charge in [-0.3, -0.25) is 0 Å². The first-order valence-corrected chi connectivity index (χ1v) is 16.4. The maximum absolute atomic E-state index is 15.4. The summed E-state index contributed by atoms with van der Waals surface area (Å²) in [5.74, 6) is -1.75. The average molecular weight is 605 g/mol. The highest BCUT2D eigenvalue weighted by Crippen LogP contribution is 2.43. The molecule has 0 radical (unpaired) electrons. The molecular weight excluding hydrogens is 560 g/mol. The second-order valence-electron chi connectivity index (χ2n) is 12.6. The molecule has 1 saturated carbocycles. The van der Waals surface area contributed by atoms with Crippen molar-refractivity contribution < 1.29 is 22.3 Å². The van der Waals surface area contributed by atoms with Crippen molar-refractivity contribution in [2.75, 3.05) is 6.61 Å². The molecule has 1 nitrogen and oxygen atoms in total. The lowest BCUT2D eigenvalue weighted by Gasteiger charge is -2.35. The van der Waals surface area contributed by atoms with Gasteiger partial charge in [0.2, 0.25) is 5.82 Å². The molecule has 234 valence electrons. The number of benzene rings is 3. The molecule has 1 atom stereocenters. The highest BCUT2D eigenvalue weighted by Gasteiger charge is 2.29. The molecule has 5 heteroatoms. The number of ether oxygens (including phenoxy) is 1. The van der Waals surface area contributed by atoms with Crippen molar-refractivity contribution in [3.05, 3.63) is 96.1 Å². The van der Waals surface area contributed by atoms with Crippen LogP contribution in [0, 0.1) is 41.0 Å². The molecule has 0 saturated heterocycles. The molecule has 2 aliphatic carbocycles. The molecule has 0 heterocycles. The minimum Gasteiger partial charge on any atom is -0.486 e. The van der Waals surface area contributed by atoms with Crippen molar-refractivity contribution in [2.45, 2.75) is 84.0 Å². The van der Waals surface area contributed by atoms with E-state index in [4.69, 9.17) is 4.74 Å². The summed E-state index contributed by atoms with van der Waals surface area (Å²) in [4.78, 5) is 0. The molecule has 1 unspecified atom stereocenters. The summed E-state index contributed by atoms with van der Waals surface area (Å²) in [5.41, 5.74) is 2.30. The zero-order valence-electron chi connectivity index (χ0n) is 25.8. The number of rotatable bonds is 12. The van der Waals surface area contributed by atoms with Crippen molar-refractivity contribution in [3.63, 3.8) is 0 Å². The molecule has 44 heavy (non-hydrogen) atoms. The Hall–Kier alpha value is -3.34. The van der Waals surface area contributed by atoms with E-state index in [0.717, 1.165) is 36.7 Å². The van der Waals surface area contributed by atoms with Gasteiger partial charge in [0.15, 0.2) is 23.2 Å². The molecular formula is C39H44F4O. The Labute approximate surface area is 260 Å². The van der Waals surface area contributed by atoms with Gasteiger partial charge in [-0.15, -0.1) is 0 Å². The van der Waals surface area contributed by atoms with Gasteiger partial charge < -0.3 is 4.74 Å². The van der Waals surface area contributed by atoms with E-state index in [0.29, 0.717) is 22.6 Å². The number of halogens is 4. The number of unbranched alkanes of at least 4 members (excludes halogenated alkanes) is 3. The Kier molecular flexibility index (Phi) is 11.0. The molecule has 3 aromatic carbocycles.